The lowest BCUT2D eigenvalue weighted by Crippen LogP contribution is -2.47. The Morgan fingerprint density at radius 2 is 1.89 bits per heavy atom. The van der Waals surface area contributed by atoms with Crippen LogP contribution in [-0.4, -0.2) is 56.3 Å². The number of piperidine rings is 1. The number of anilines is 1. The maximum Gasteiger partial charge on any atom is 0.194 e. The summed E-state index contributed by atoms with van der Waals surface area (Å²) in [5, 5.41) is 3.37. The predicted molar refractivity (Wildman–Crippen MR) is 126 cm³/mol. The van der Waals surface area contributed by atoms with E-state index in [1.807, 2.05) is 37.8 Å². The lowest BCUT2D eigenvalue weighted by Gasteiger charge is -2.34. The van der Waals surface area contributed by atoms with Crippen molar-refractivity contribution in [1.82, 2.24) is 10.2 Å². The molecule has 0 radical (unpaired) electrons. The van der Waals surface area contributed by atoms with Gasteiger partial charge in [-0.05, 0) is 58.2 Å². The number of rotatable bonds is 8. The van der Waals surface area contributed by atoms with Gasteiger partial charge in [-0.3, -0.25) is 0 Å². The highest BCUT2D eigenvalue weighted by atomic mass is 127. The molecule has 0 bridgehead atoms. The van der Waals surface area contributed by atoms with Gasteiger partial charge in [0.15, 0.2) is 5.96 Å². The minimum Gasteiger partial charge on any atom is -0.378 e. The Balaban J connectivity index is 0.00000392. The Labute approximate surface area is 186 Å². The summed E-state index contributed by atoms with van der Waals surface area (Å²) in [5.74, 6) is 0.731. The van der Waals surface area contributed by atoms with Gasteiger partial charge in [-0.15, -0.1) is 24.0 Å². The van der Waals surface area contributed by atoms with Crippen LogP contribution in [0.5, 0.6) is 0 Å². The number of nitrogens with one attached hydrogen (secondary N) is 1. The molecule has 1 fully saturated rings. The van der Waals surface area contributed by atoms with Crippen LogP contribution >= 0.6 is 24.0 Å². The average molecular weight is 506 g/mol. The number of hydrogen-bond donors (Lipinski definition) is 1. The lowest BCUT2D eigenvalue weighted by molar-refractivity contribution is 0.0263. The zero-order valence-corrected chi connectivity index (χ0v) is 20.0. The topological polar surface area (TPSA) is 40.1 Å². The van der Waals surface area contributed by atoms with E-state index in [0.717, 1.165) is 63.7 Å². The predicted octanol–water partition coefficient (Wildman–Crippen LogP) is 4.26. The van der Waals surface area contributed by atoms with Gasteiger partial charge < -0.3 is 19.9 Å². The number of guanidine groups is 1. The van der Waals surface area contributed by atoms with E-state index in [0.29, 0.717) is 18.3 Å². The summed E-state index contributed by atoms with van der Waals surface area (Å²) in [6.45, 7) is 13.7. The van der Waals surface area contributed by atoms with Crippen LogP contribution in [0.3, 0.4) is 0 Å². The highest BCUT2D eigenvalue weighted by molar-refractivity contribution is 14.0. The van der Waals surface area contributed by atoms with Gasteiger partial charge in [0.25, 0.3) is 0 Å². The van der Waals surface area contributed by atoms with Crippen LogP contribution in [0.4, 0.5) is 10.1 Å². The van der Waals surface area contributed by atoms with Gasteiger partial charge in [0, 0.05) is 39.3 Å². The van der Waals surface area contributed by atoms with Crippen LogP contribution in [0.2, 0.25) is 0 Å². The third kappa shape index (κ3) is 7.06. The van der Waals surface area contributed by atoms with Gasteiger partial charge in [-0.1, -0.05) is 6.07 Å². The quantitative estimate of drug-likeness (QED) is 0.325. The lowest BCUT2D eigenvalue weighted by atomic mass is 10.1. The number of benzene rings is 1. The first kappa shape index (κ1) is 24.9. The van der Waals surface area contributed by atoms with E-state index in [2.05, 4.69) is 17.1 Å². The number of halogens is 2. The Morgan fingerprint density at radius 1 is 1.21 bits per heavy atom. The number of ether oxygens (including phenoxy) is 1. The molecule has 1 aromatic carbocycles. The van der Waals surface area contributed by atoms with Crippen molar-refractivity contribution in [3.8, 4) is 0 Å². The SMILES string of the molecule is CCNC(=NCc1ccc(N(CC)CC)c(F)c1)N1CCC(OCC)CC1.I. The molecule has 1 saturated heterocycles. The highest BCUT2D eigenvalue weighted by Gasteiger charge is 2.21. The van der Waals surface area contributed by atoms with E-state index in [1.165, 1.54) is 0 Å². The molecule has 160 valence electrons. The molecule has 0 unspecified atom stereocenters. The van der Waals surface area contributed by atoms with Gasteiger partial charge in [0.1, 0.15) is 5.82 Å². The first-order valence-electron chi connectivity index (χ1n) is 10.3. The van der Waals surface area contributed by atoms with E-state index in [1.54, 1.807) is 6.07 Å². The second-order valence-electron chi connectivity index (χ2n) is 6.77. The molecule has 7 heteroatoms. The van der Waals surface area contributed by atoms with Crippen LogP contribution in [0.25, 0.3) is 0 Å². The summed E-state index contributed by atoms with van der Waals surface area (Å²) in [6.07, 6.45) is 2.40. The van der Waals surface area contributed by atoms with Crippen LogP contribution in [0.15, 0.2) is 23.2 Å². The summed E-state index contributed by atoms with van der Waals surface area (Å²) in [7, 11) is 0. The van der Waals surface area contributed by atoms with Gasteiger partial charge in [0.05, 0.1) is 18.3 Å². The fourth-order valence-corrected chi connectivity index (χ4v) is 3.53. The molecule has 1 aromatic rings. The first-order chi connectivity index (χ1) is 13.1. The molecule has 0 aromatic heterocycles. The van der Waals surface area contributed by atoms with Crippen molar-refractivity contribution in [3.63, 3.8) is 0 Å². The molecule has 0 spiro atoms. The standard InChI is InChI=1S/C21H35FN4O.HI/c1-5-23-21(26-13-11-18(12-14-26)27-8-4)24-16-17-9-10-20(19(22)15-17)25(6-2)7-3;/h9-10,15,18H,5-8,11-14,16H2,1-4H3,(H,23,24);1H. The van der Waals surface area contributed by atoms with Crippen molar-refractivity contribution in [2.75, 3.05) is 44.2 Å². The first-order valence-corrected chi connectivity index (χ1v) is 10.3. The summed E-state index contributed by atoms with van der Waals surface area (Å²) in [5.41, 5.74) is 1.56. The van der Waals surface area contributed by atoms with Gasteiger partial charge in [0.2, 0.25) is 0 Å². The molecule has 1 aliphatic heterocycles. The molecule has 0 amide bonds. The summed E-state index contributed by atoms with van der Waals surface area (Å²) < 4.78 is 20.2. The third-order valence-electron chi connectivity index (χ3n) is 5.01. The highest BCUT2D eigenvalue weighted by Crippen LogP contribution is 2.21. The smallest absolute Gasteiger partial charge is 0.194 e. The number of hydrogen-bond acceptors (Lipinski definition) is 3. The van der Waals surface area contributed by atoms with Gasteiger partial charge in [-0.25, -0.2) is 9.38 Å². The molecule has 5 nitrogen and oxygen atoms in total. The largest absolute Gasteiger partial charge is 0.378 e. The minimum atomic E-state index is -0.172. The van der Waals surface area contributed by atoms with Crippen LogP contribution in [0.1, 0.15) is 46.1 Å². The summed E-state index contributed by atoms with van der Waals surface area (Å²) in [6, 6.07) is 5.46. The second-order valence-corrected chi connectivity index (χ2v) is 6.77. The van der Waals surface area contributed by atoms with E-state index in [4.69, 9.17) is 9.73 Å². The molecule has 1 N–H and O–H groups in total. The van der Waals surface area contributed by atoms with Crippen molar-refractivity contribution < 1.29 is 9.13 Å². The zero-order chi connectivity index (χ0) is 19.6. The van der Waals surface area contributed by atoms with Crippen LogP contribution in [-0.2, 0) is 11.3 Å². The minimum absolute atomic E-state index is 0. The van der Waals surface area contributed by atoms with Gasteiger partial charge >= 0.3 is 0 Å². The zero-order valence-electron chi connectivity index (χ0n) is 17.7. The number of nitrogens with zero attached hydrogens (tertiary/aromatic N) is 3. The number of aliphatic imine (C=N–C) groups is 1. The molecular formula is C21H36FIN4O. The molecule has 1 aliphatic rings. The maximum atomic E-state index is 14.5. The van der Waals surface area contributed by atoms with E-state index < -0.39 is 0 Å². The Bertz CT molecular complexity index is 602. The van der Waals surface area contributed by atoms with Crippen molar-refractivity contribution >= 4 is 35.6 Å². The summed E-state index contributed by atoms with van der Waals surface area (Å²) >= 11 is 0. The normalized spacial score (nSPS) is 15.3. The molecule has 1 heterocycles. The van der Waals surface area contributed by atoms with E-state index in [9.17, 15) is 4.39 Å². The molecule has 2 rings (SSSR count). The van der Waals surface area contributed by atoms with E-state index in [-0.39, 0.29) is 29.8 Å². The fraction of sp³-hybridized carbons (Fsp3) is 0.667. The number of likely N-dealkylation sites (tertiary alicyclic amines) is 1. The monoisotopic (exact) mass is 506 g/mol. The molecule has 0 aliphatic carbocycles. The Kier molecular flexibility index (Phi) is 11.8. The third-order valence-corrected chi connectivity index (χ3v) is 5.01. The van der Waals surface area contributed by atoms with Crippen molar-refractivity contribution in [2.24, 2.45) is 4.99 Å². The van der Waals surface area contributed by atoms with Crippen LogP contribution < -0.4 is 10.2 Å². The van der Waals surface area contributed by atoms with Crippen molar-refractivity contribution in [1.29, 1.82) is 0 Å². The molecule has 0 saturated carbocycles. The Morgan fingerprint density at radius 3 is 2.43 bits per heavy atom. The maximum absolute atomic E-state index is 14.5. The molecule has 0 atom stereocenters. The molecule has 28 heavy (non-hydrogen) atoms. The van der Waals surface area contributed by atoms with Crippen LogP contribution in [0, 0.1) is 5.82 Å². The fourth-order valence-electron chi connectivity index (χ4n) is 3.53. The summed E-state index contributed by atoms with van der Waals surface area (Å²) in [4.78, 5) is 9.04. The van der Waals surface area contributed by atoms with Gasteiger partial charge in [-0.2, -0.15) is 0 Å². The second kappa shape index (κ2) is 13.2. The van der Waals surface area contributed by atoms with E-state index >= 15 is 0 Å². The Hall–Kier alpha value is -1.09. The van der Waals surface area contributed by atoms with Crippen molar-refractivity contribution in [2.45, 2.75) is 53.2 Å². The average Bonchev–Trinajstić information content (AvgIpc) is 2.68. The molecular weight excluding hydrogens is 470 g/mol. The van der Waals surface area contributed by atoms with Crippen molar-refractivity contribution in [3.05, 3.63) is 29.6 Å².